The van der Waals surface area contributed by atoms with Gasteiger partial charge in [0.25, 0.3) is 0 Å². The Kier molecular flexibility index (Phi) is 7.41. The Morgan fingerprint density at radius 3 is 2.19 bits per heavy atom. The van der Waals surface area contributed by atoms with Gasteiger partial charge in [-0.3, -0.25) is 4.79 Å². The molecule has 8 heteroatoms. The highest BCUT2D eigenvalue weighted by atomic mass is 32.2. The van der Waals surface area contributed by atoms with Crippen molar-refractivity contribution in [1.29, 1.82) is 0 Å². The van der Waals surface area contributed by atoms with Gasteiger partial charge in [-0.15, -0.1) is 0 Å². The first-order valence-corrected chi connectivity index (χ1v) is 11.0. The third-order valence-corrected chi connectivity index (χ3v) is 7.12. The molecule has 0 radical (unpaired) electrons. The number of hydrogen-bond acceptors (Lipinski definition) is 5. The Labute approximate surface area is 165 Å². The fraction of sp³-hybridized carbons (Fsp3) is 0.368. The second kappa shape index (κ2) is 9.34. The highest BCUT2D eigenvalue weighted by molar-refractivity contribution is 8.00. The number of likely N-dealkylation sites (N-methyl/N-ethyl adjacent to an activating group) is 1. The standard InChI is InChI=1S/C19H25N3O3S2/c1-5-22(6-2)19(23)18(15-10-8-7-9-11-15)26-17-13-12-16(14-20-17)27(24,25)21(3)4/h7-14,18H,5-6H2,1-4H3. The number of pyridine rings is 1. The average molecular weight is 408 g/mol. The van der Waals surface area contributed by atoms with Crippen molar-refractivity contribution in [2.45, 2.75) is 29.0 Å². The minimum Gasteiger partial charge on any atom is -0.342 e. The summed E-state index contributed by atoms with van der Waals surface area (Å²) >= 11 is 1.33. The zero-order valence-electron chi connectivity index (χ0n) is 16.0. The number of nitrogens with zero attached hydrogens (tertiary/aromatic N) is 3. The number of sulfonamides is 1. The van der Waals surface area contributed by atoms with Crippen molar-refractivity contribution in [2.75, 3.05) is 27.2 Å². The summed E-state index contributed by atoms with van der Waals surface area (Å²) in [5.41, 5.74) is 0.895. The molecule has 2 rings (SSSR count). The molecule has 0 spiro atoms. The maximum Gasteiger partial charge on any atom is 0.244 e. The van der Waals surface area contributed by atoms with E-state index in [0.29, 0.717) is 18.1 Å². The van der Waals surface area contributed by atoms with Gasteiger partial charge in [0, 0.05) is 33.4 Å². The van der Waals surface area contributed by atoms with Crippen LogP contribution < -0.4 is 0 Å². The average Bonchev–Trinajstić information content (AvgIpc) is 2.68. The van der Waals surface area contributed by atoms with Gasteiger partial charge in [0.2, 0.25) is 15.9 Å². The molecule has 1 aromatic heterocycles. The Morgan fingerprint density at radius 1 is 1.07 bits per heavy atom. The van der Waals surface area contributed by atoms with Crippen molar-refractivity contribution in [3.63, 3.8) is 0 Å². The Morgan fingerprint density at radius 2 is 1.70 bits per heavy atom. The van der Waals surface area contributed by atoms with Gasteiger partial charge >= 0.3 is 0 Å². The molecule has 0 aliphatic carbocycles. The van der Waals surface area contributed by atoms with Crippen LogP contribution in [0.2, 0.25) is 0 Å². The summed E-state index contributed by atoms with van der Waals surface area (Å²) in [5, 5.41) is 0.164. The number of hydrogen-bond donors (Lipinski definition) is 0. The van der Waals surface area contributed by atoms with E-state index in [4.69, 9.17) is 0 Å². The second-order valence-corrected chi connectivity index (χ2v) is 9.32. The summed E-state index contributed by atoms with van der Waals surface area (Å²) < 4.78 is 25.5. The van der Waals surface area contributed by atoms with Crippen molar-refractivity contribution in [2.24, 2.45) is 0 Å². The molecule has 1 amide bonds. The zero-order valence-corrected chi connectivity index (χ0v) is 17.6. The van der Waals surface area contributed by atoms with Crippen LogP contribution in [0.3, 0.4) is 0 Å². The molecule has 6 nitrogen and oxygen atoms in total. The Hall–Kier alpha value is -1.90. The van der Waals surface area contributed by atoms with Crippen LogP contribution in [0.1, 0.15) is 24.7 Å². The first-order valence-electron chi connectivity index (χ1n) is 8.70. The predicted molar refractivity (Wildman–Crippen MR) is 108 cm³/mol. The Balaban J connectivity index is 2.32. The summed E-state index contributed by atoms with van der Waals surface area (Å²) in [6.45, 7) is 5.17. The number of carbonyl (C=O) groups excluding carboxylic acids is 1. The van der Waals surface area contributed by atoms with E-state index in [1.165, 1.54) is 38.1 Å². The fourth-order valence-corrected chi connectivity index (χ4v) is 4.40. The topological polar surface area (TPSA) is 70.6 Å². The molecule has 0 bridgehead atoms. The molecule has 0 N–H and O–H groups in total. The zero-order chi connectivity index (χ0) is 20.0. The summed E-state index contributed by atoms with van der Waals surface area (Å²) in [4.78, 5) is 19.2. The normalized spacial score (nSPS) is 12.8. The van der Waals surface area contributed by atoms with E-state index in [1.807, 2.05) is 44.2 Å². The van der Waals surface area contributed by atoms with Gasteiger partial charge in [-0.1, -0.05) is 42.1 Å². The minimum absolute atomic E-state index is 0.0167. The van der Waals surface area contributed by atoms with E-state index in [9.17, 15) is 13.2 Å². The summed E-state index contributed by atoms with van der Waals surface area (Å²) in [7, 11) is -0.569. The molecule has 27 heavy (non-hydrogen) atoms. The lowest BCUT2D eigenvalue weighted by atomic mass is 10.1. The van der Waals surface area contributed by atoms with Crippen molar-refractivity contribution >= 4 is 27.7 Å². The van der Waals surface area contributed by atoms with Crippen LogP contribution in [-0.2, 0) is 14.8 Å². The number of rotatable bonds is 8. The Bertz CT molecular complexity index is 850. The van der Waals surface area contributed by atoms with E-state index in [-0.39, 0.29) is 10.8 Å². The monoisotopic (exact) mass is 407 g/mol. The van der Waals surface area contributed by atoms with E-state index in [2.05, 4.69) is 4.98 Å². The quantitative estimate of drug-likeness (QED) is 0.629. The third-order valence-electron chi connectivity index (χ3n) is 4.13. The minimum atomic E-state index is -3.53. The maximum absolute atomic E-state index is 13.0. The first kappa shape index (κ1) is 21.4. The van der Waals surface area contributed by atoms with E-state index in [0.717, 1.165) is 9.87 Å². The van der Waals surface area contributed by atoms with Crippen LogP contribution in [0.5, 0.6) is 0 Å². The number of amides is 1. The van der Waals surface area contributed by atoms with Crippen LogP contribution in [0.15, 0.2) is 58.6 Å². The predicted octanol–water partition coefficient (Wildman–Crippen LogP) is 3.03. The fourth-order valence-electron chi connectivity index (χ4n) is 2.51. The van der Waals surface area contributed by atoms with Crippen LogP contribution in [0.4, 0.5) is 0 Å². The van der Waals surface area contributed by atoms with E-state index < -0.39 is 15.3 Å². The van der Waals surface area contributed by atoms with Gasteiger partial charge in [0.15, 0.2) is 0 Å². The van der Waals surface area contributed by atoms with Gasteiger partial charge in [-0.25, -0.2) is 17.7 Å². The molecule has 1 heterocycles. The van der Waals surface area contributed by atoms with Crippen LogP contribution in [0, 0.1) is 0 Å². The van der Waals surface area contributed by atoms with Crippen LogP contribution in [0.25, 0.3) is 0 Å². The molecule has 0 saturated heterocycles. The van der Waals surface area contributed by atoms with Gasteiger partial charge in [0.05, 0.1) is 5.03 Å². The number of aromatic nitrogens is 1. The highest BCUT2D eigenvalue weighted by Crippen LogP contribution is 2.36. The van der Waals surface area contributed by atoms with Crippen molar-refractivity contribution in [3.05, 3.63) is 54.2 Å². The third kappa shape index (κ3) is 5.09. The van der Waals surface area contributed by atoms with Gasteiger partial charge in [0.1, 0.15) is 10.1 Å². The maximum atomic E-state index is 13.0. The molecule has 146 valence electrons. The first-order chi connectivity index (χ1) is 12.8. The summed E-state index contributed by atoms with van der Waals surface area (Å²) in [6.07, 6.45) is 1.33. The van der Waals surface area contributed by atoms with Gasteiger partial charge in [-0.2, -0.15) is 0 Å². The largest absolute Gasteiger partial charge is 0.342 e. The highest BCUT2D eigenvalue weighted by Gasteiger charge is 2.26. The summed E-state index contributed by atoms with van der Waals surface area (Å²) in [5.74, 6) is 0.0167. The second-order valence-electron chi connectivity index (χ2n) is 6.04. The SMILES string of the molecule is CCN(CC)C(=O)C(Sc1ccc(S(=O)(=O)N(C)C)cn1)c1ccccc1. The smallest absolute Gasteiger partial charge is 0.244 e. The van der Waals surface area contributed by atoms with E-state index >= 15 is 0 Å². The lowest BCUT2D eigenvalue weighted by molar-refractivity contribution is -0.130. The molecule has 0 aliphatic rings. The number of thioether (sulfide) groups is 1. The molecular formula is C19H25N3O3S2. The van der Waals surface area contributed by atoms with Crippen LogP contribution in [-0.4, -0.2) is 55.7 Å². The molecule has 1 atom stereocenters. The van der Waals surface area contributed by atoms with Gasteiger partial charge < -0.3 is 4.90 Å². The molecule has 1 aromatic carbocycles. The lowest BCUT2D eigenvalue weighted by Gasteiger charge is -2.25. The van der Waals surface area contributed by atoms with Gasteiger partial charge in [-0.05, 0) is 31.5 Å². The van der Waals surface area contributed by atoms with E-state index in [1.54, 1.807) is 11.0 Å². The molecule has 0 saturated carbocycles. The lowest BCUT2D eigenvalue weighted by Crippen LogP contribution is -2.33. The number of carbonyl (C=O) groups is 1. The molecule has 1 unspecified atom stereocenters. The van der Waals surface area contributed by atoms with Crippen molar-refractivity contribution in [1.82, 2.24) is 14.2 Å². The molecule has 2 aromatic rings. The van der Waals surface area contributed by atoms with Crippen molar-refractivity contribution in [3.8, 4) is 0 Å². The molecule has 0 fully saturated rings. The number of benzene rings is 1. The molecule has 0 aliphatic heterocycles. The van der Waals surface area contributed by atoms with Crippen molar-refractivity contribution < 1.29 is 13.2 Å². The molecular weight excluding hydrogens is 382 g/mol. The van der Waals surface area contributed by atoms with Crippen LogP contribution >= 0.6 is 11.8 Å². The summed E-state index contributed by atoms with van der Waals surface area (Å²) in [6, 6.07) is 12.7.